The van der Waals surface area contributed by atoms with Crippen LogP contribution in [0.4, 0.5) is 0 Å². The van der Waals surface area contributed by atoms with Gasteiger partial charge in [0.15, 0.2) is 30.9 Å². The largest absolute Gasteiger partial charge is 0.463 e. The zero-order valence-electron chi connectivity index (χ0n) is 21.4. The number of hydrogen-bond donors (Lipinski definition) is 4. The molecule has 2 heterocycles. The van der Waals surface area contributed by atoms with Crippen LogP contribution in [0.25, 0.3) is 0 Å². The van der Waals surface area contributed by atoms with E-state index in [0.717, 1.165) is 34.6 Å². The van der Waals surface area contributed by atoms with Gasteiger partial charge in [0, 0.05) is 34.6 Å². The SMILES string of the molecule is CC(=O)N[C@H]1C(O)O[C@H](CO)[C@@H](O)[C@@H]1O[C@@H]1O[C@H](COC(C)=O)[C@H](OC(C)=O)[C@H](OC(C)=O)[C@H]1OC(C)=O. The highest BCUT2D eigenvalue weighted by Crippen LogP contribution is 2.33. The van der Waals surface area contributed by atoms with Crippen molar-refractivity contribution in [1.29, 1.82) is 0 Å². The number of carbonyl (C=O) groups excluding carboxylic acids is 5. The van der Waals surface area contributed by atoms with E-state index in [0.29, 0.717) is 0 Å². The Kier molecular flexibility index (Phi) is 11.4. The highest BCUT2D eigenvalue weighted by atomic mass is 16.7. The summed E-state index contributed by atoms with van der Waals surface area (Å²) in [5.41, 5.74) is 0. The maximum absolute atomic E-state index is 12.0. The van der Waals surface area contributed by atoms with E-state index in [-0.39, 0.29) is 0 Å². The fourth-order valence-corrected chi connectivity index (χ4v) is 4.09. The number of rotatable bonds is 9. The second-order valence-electron chi connectivity index (χ2n) is 8.63. The molecule has 0 aromatic rings. The molecule has 4 N–H and O–H groups in total. The third kappa shape index (κ3) is 8.31. The lowest BCUT2D eigenvalue weighted by atomic mass is 9.95. The van der Waals surface area contributed by atoms with Crippen LogP contribution < -0.4 is 5.32 Å². The van der Waals surface area contributed by atoms with Crippen molar-refractivity contribution in [2.45, 2.75) is 96.0 Å². The second-order valence-corrected chi connectivity index (χ2v) is 8.63. The van der Waals surface area contributed by atoms with Gasteiger partial charge in [0.2, 0.25) is 5.91 Å². The van der Waals surface area contributed by atoms with Crippen molar-refractivity contribution in [3.8, 4) is 0 Å². The number of aliphatic hydroxyl groups excluding tert-OH is 3. The zero-order chi connectivity index (χ0) is 28.7. The molecule has 2 aliphatic rings. The Hall–Kier alpha value is -2.89. The lowest BCUT2D eigenvalue weighted by Crippen LogP contribution is -2.68. The first-order valence-electron chi connectivity index (χ1n) is 11.6. The van der Waals surface area contributed by atoms with Gasteiger partial charge in [-0.3, -0.25) is 24.0 Å². The molecule has 0 aromatic heterocycles. The molecule has 1 amide bonds. The zero-order valence-corrected chi connectivity index (χ0v) is 21.4. The van der Waals surface area contributed by atoms with E-state index in [1.165, 1.54) is 0 Å². The highest BCUT2D eigenvalue weighted by Gasteiger charge is 2.55. The summed E-state index contributed by atoms with van der Waals surface area (Å²) in [6.07, 6.45) is -14.0. The van der Waals surface area contributed by atoms with Crippen LogP contribution in [-0.2, 0) is 57.1 Å². The number of amides is 1. The molecule has 0 aliphatic carbocycles. The molecule has 2 saturated heterocycles. The van der Waals surface area contributed by atoms with Gasteiger partial charge < -0.3 is 53.8 Å². The number of esters is 4. The van der Waals surface area contributed by atoms with Crippen LogP contribution in [0.15, 0.2) is 0 Å². The van der Waals surface area contributed by atoms with Gasteiger partial charge in [0.25, 0.3) is 0 Å². The molecular formula is C22H33NO15. The van der Waals surface area contributed by atoms with E-state index < -0.39 is 104 Å². The predicted molar refractivity (Wildman–Crippen MR) is 118 cm³/mol. The van der Waals surface area contributed by atoms with Crippen molar-refractivity contribution in [2.75, 3.05) is 13.2 Å². The van der Waals surface area contributed by atoms with Gasteiger partial charge in [0.1, 0.15) is 37.1 Å². The standard InChI is InChI=1S/C22H33NO15/c1-8(25)23-15-18(16(30)13(6-24)36-21(15)31)38-22-20(35-12(5)29)19(34-11(4)28)17(33-10(3)27)14(37-22)7-32-9(2)26/h13-22,24,30-31H,6-7H2,1-5H3,(H,23,25)/t13-,14-,15-,16-,17+,18-,19+,20-,21?,22+/m1/s1. The normalized spacial score (nSPS) is 34.9. The van der Waals surface area contributed by atoms with Gasteiger partial charge in [-0.05, 0) is 0 Å². The van der Waals surface area contributed by atoms with E-state index in [4.69, 9.17) is 33.2 Å². The van der Waals surface area contributed by atoms with Crippen molar-refractivity contribution in [2.24, 2.45) is 0 Å². The number of aliphatic hydroxyl groups is 3. The number of nitrogens with one attached hydrogen (secondary N) is 1. The Morgan fingerprint density at radius 1 is 0.737 bits per heavy atom. The Morgan fingerprint density at radius 2 is 1.29 bits per heavy atom. The van der Waals surface area contributed by atoms with Gasteiger partial charge in [0.05, 0.1) is 6.61 Å². The molecular weight excluding hydrogens is 518 g/mol. The van der Waals surface area contributed by atoms with Crippen LogP contribution >= 0.6 is 0 Å². The minimum Gasteiger partial charge on any atom is -0.463 e. The number of ether oxygens (including phenoxy) is 7. The molecule has 16 heteroatoms. The molecule has 2 fully saturated rings. The van der Waals surface area contributed by atoms with Crippen molar-refractivity contribution < 1.29 is 72.5 Å². The lowest BCUT2D eigenvalue weighted by molar-refractivity contribution is -0.343. The lowest BCUT2D eigenvalue weighted by Gasteiger charge is -2.48. The average Bonchev–Trinajstić information content (AvgIpc) is 2.79. The summed E-state index contributed by atoms with van der Waals surface area (Å²) >= 11 is 0. The molecule has 0 radical (unpaired) electrons. The van der Waals surface area contributed by atoms with E-state index >= 15 is 0 Å². The van der Waals surface area contributed by atoms with Gasteiger partial charge in [-0.25, -0.2) is 0 Å². The first kappa shape index (κ1) is 31.3. The number of carbonyl (C=O) groups is 5. The monoisotopic (exact) mass is 551 g/mol. The quantitative estimate of drug-likeness (QED) is 0.166. The smallest absolute Gasteiger partial charge is 0.303 e. The summed E-state index contributed by atoms with van der Waals surface area (Å²) in [5, 5.41) is 33.1. The third-order valence-electron chi connectivity index (χ3n) is 5.48. The molecule has 0 bridgehead atoms. The van der Waals surface area contributed by atoms with Gasteiger partial charge in [-0.1, -0.05) is 0 Å². The Morgan fingerprint density at radius 3 is 1.79 bits per heavy atom. The molecule has 38 heavy (non-hydrogen) atoms. The molecule has 2 aliphatic heterocycles. The Balaban J connectivity index is 2.54. The summed E-state index contributed by atoms with van der Waals surface area (Å²) in [4.78, 5) is 59.0. The van der Waals surface area contributed by atoms with Crippen molar-refractivity contribution >= 4 is 29.8 Å². The van der Waals surface area contributed by atoms with E-state index in [9.17, 15) is 39.3 Å². The van der Waals surface area contributed by atoms with E-state index in [2.05, 4.69) is 5.32 Å². The molecule has 2 rings (SSSR count). The minimum atomic E-state index is -1.75. The third-order valence-corrected chi connectivity index (χ3v) is 5.48. The second kappa shape index (κ2) is 13.8. The van der Waals surface area contributed by atoms with Crippen LogP contribution in [0.1, 0.15) is 34.6 Å². The molecule has 0 saturated carbocycles. The molecule has 10 atom stereocenters. The first-order valence-corrected chi connectivity index (χ1v) is 11.6. The van der Waals surface area contributed by atoms with Crippen LogP contribution in [0.2, 0.25) is 0 Å². The summed E-state index contributed by atoms with van der Waals surface area (Å²) in [6.45, 7) is 4.10. The van der Waals surface area contributed by atoms with Crippen LogP contribution in [0, 0.1) is 0 Å². The molecule has 1 unspecified atom stereocenters. The maximum atomic E-state index is 12.0. The minimum absolute atomic E-state index is 0.523. The number of hydrogen-bond acceptors (Lipinski definition) is 15. The van der Waals surface area contributed by atoms with Crippen LogP contribution in [0.5, 0.6) is 0 Å². The van der Waals surface area contributed by atoms with Gasteiger partial charge >= 0.3 is 23.9 Å². The fourth-order valence-electron chi connectivity index (χ4n) is 4.09. The molecule has 0 aromatic carbocycles. The summed E-state index contributed by atoms with van der Waals surface area (Å²) in [5.74, 6) is -3.94. The van der Waals surface area contributed by atoms with Crippen molar-refractivity contribution in [3.63, 3.8) is 0 Å². The first-order chi connectivity index (χ1) is 17.7. The molecule has 216 valence electrons. The van der Waals surface area contributed by atoms with Gasteiger partial charge in [-0.2, -0.15) is 0 Å². The maximum Gasteiger partial charge on any atom is 0.303 e. The summed E-state index contributed by atoms with van der Waals surface area (Å²) in [6, 6.07) is -1.41. The van der Waals surface area contributed by atoms with Crippen LogP contribution in [0.3, 0.4) is 0 Å². The average molecular weight is 551 g/mol. The van der Waals surface area contributed by atoms with Crippen molar-refractivity contribution in [3.05, 3.63) is 0 Å². The van der Waals surface area contributed by atoms with E-state index in [1.54, 1.807) is 0 Å². The predicted octanol–water partition coefficient (Wildman–Crippen LogP) is -2.97. The van der Waals surface area contributed by atoms with Crippen molar-refractivity contribution in [1.82, 2.24) is 5.32 Å². The van der Waals surface area contributed by atoms with Gasteiger partial charge in [-0.15, -0.1) is 0 Å². The highest BCUT2D eigenvalue weighted by molar-refractivity contribution is 5.73. The summed E-state index contributed by atoms with van der Waals surface area (Å²) < 4.78 is 37.7. The Bertz CT molecular complexity index is 881. The molecule has 0 spiro atoms. The Labute approximate surface area is 217 Å². The molecule has 16 nitrogen and oxygen atoms in total. The fraction of sp³-hybridized carbons (Fsp3) is 0.773. The summed E-state index contributed by atoms with van der Waals surface area (Å²) in [7, 11) is 0. The topological polar surface area (TPSA) is 223 Å². The van der Waals surface area contributed by atoms with E-state index in [1.807, 2.05) is 0 Å². The van der Waals surface area contributed by atoms with Crippen LogP contribution in [-0.4, -0.2) is 120 Å².